The second kappa shape index (κ2) is 6.70. The Bertz CT molecular complexity index is 534. The molecule has 0 N–H and O–H groups in total. The third kappa shape index (κ3) is 4.35. The zero-order valence-corrected chi connectivity index (χ0v) is 12.4. The minimum absolute atomic E-state index is 0.0335. The summed E-state index contributed by atoms with van der Waals surface area (Å²) in [5.74, 6) is 0.309. The van der Waals surface area contributed by atoms with Crippen LogP contribution in [-0.4, -0.2) is 31.8 Å². The third-order valence-corrected chi connectivity index (χ3v) is 5.37. The zero-order chi connectivity index (χ0) is 14.5. The summed E-state index contributed by atoms with van der Waals surface area (Å²) in [6.45, 7) is 5.06. The molecule has 0 fully saturated rings. The fourth-order valence-electron chi connectivity index (χ4n) is 1.61. The van der Waals surface area contributed by atoms with Crippen LogP contribution in [0.3, 0.4) is 0 Å². The number of carbonyl (C=O) groups excluding carboxylic acids is 1. The number of hydrogen-bond acceptors (Lipinski definition) is 4. The second-order valence-corrected chi connectivity index (χ2v) is 7.03. The number of sulfone groups is 1. The van der Waals surface area contributed by atoms with E-state index in [1.54, 1.807) is 31.2 Å². The Morgan fingerprint density at radius 3 is 2.53 bits per heavy atom. The van der Waals surface area contributed by atoms with Gasteiger partial charge in [0.25, 0.3) is 0 Å². The summed E-state index contributed by atoms with van der Waals surface area (Å²) >= 11 is 0. The predicted octanol–water partition coefficient (Wildman–Crippen LogP) is 2.48. The summed E-state index contributed by atoms with van der Waals surface area (Å²) in [4.78, 5) is 11.4. The van der Waals surface area contributed by atoms with E-state index in [0.717, 1.165) is 0 Å². The molecule has 4 nitrogen and oxygen atoms in total. The Balaban J connectivity index is 2.67. The maximum Gasteiger partial charge on any atom is 0.163 e. The first-order valence-electron chi connectivity index (χ1n) is 6.32. The van der Waals surface area contributed by atoms with Gasteiger partial charge in [-0.25, -0.2) is 8.42 Å². The fourth-order valence-corrected chi connectivity index (χ4v) is 2.83. The van der Waals surface area contributed by atoms with Gasteiger partial charge in [0, 0.05) is 0 Å². The highest BCUT2D eigenvalue weighted by atomic mass is 32.2. The maximum absolute atomic E-state index is 11.8. The minimum atomic E-state index is -3.12. The van der Waals surface area contributed by atoms with Crippen molar-refractivity contribution < 1.29 is 17.9 Å². The van der Waals surface area contributed by atoms with Gasteiger partial charge in [-0.2, -0.15) is 0 Å². The first-order valence-corrected chi connectivity index (χ1v) is 8.04. The van der Waals surface area contributed by atoms with Crippen molar-refractivity contribution in [3.8, 4) is 5.75 Å². The van der Waals surface area contributed by atoms with Crippen molar-refractivity contribution in [1.29, 1.82) is 0 Å². The highest BCUT2D eigenvalue weighted by Crippen LogP contribution is 2.18. The molecular formula is C14H20O4S. The molecule has 0 aliphatic carbocycles. The van der Waals surface area contributed by atoms with E-state index in [-0.39, 0.29) is 23.4 Å². The van der Waals surface area contributed by atoms with Gasteiger partial charge in [0.15, 0.2) is 15.6 Å². The maximum atomic E-state index is 11.8. The average Bonchev–Trinajstić information content (AvgIpc) is 2.37. The van der Waals surface area contributed by atoms with Crippen molar-refractivity contribution >= 4 is 15.6 Å². The lowest BCUT2D eigenvalue weighted by Crippen LogP contribution is -2.24. The van der Waals surface area contributed by atoms with Crippen LogP contribution >= 0.6 is 0 Å². The molecule has 0 radical (unpaired) electrons. The molecule has 1 atom stereocenters. The van der Waals surface area contributed by atoms with E-state index in [1.165, 1.54) is 6.92 Å². The van der Waals surface area contributed by atoms with Crippen LogP contribution in [0.25, 0.3) is 0 Å². The Morgan fingerprint density at radius 2 is 1.95 bits per heavy atom. The molecule has 1 rings (SSSR count). The molecule has 1 aromatic rings. The van der Waals surface area contributed by atoms with E-state index in [1.807, 2.05) is 6.92 Å². The van der Waals surface area contributed by atoms with Crippen molar-refractivity contribution in [3.63, 3.8) is 0 Å². The Hall–Kier alpha value is -1.36. The molecule has 0 spiro atoms. The summed E-state index contributed by atoms with van der Waals surface area (Å²) in [7, 11) is -3.12. The molecule has 0 aromatic heterocycles. The lowest BCUT2D eigenvalue weighted by atomic mass is 10.1. The van der Waals surface area contributed by atoms with Gasteiger partial charge in [-0.15, -0.1) is 0 Å². The highest BCUT2D eigenvalue weighted by Gasteiger charge is 2.19. The van der Waals surface area contributed by atoms with Crippen LogP contribution in [0.5, 0.6) is 5.75 Å². The summed E-state index contributed by atoms with van der Waals surface area (Å²) in [5.41, 5.74) is 0.475. The summed E-state index contributed by atoms with van der Waals surface area (Å²) in [6.07, 6.45) is 0.590. The third-order valence-electron chi connectivity index (χ3n) is 3.08. The molecular weight excluding hydrogens is 264 g/mol. The molecule has 5 heteroatoms. The van der Waals surface area contributed by atoms with Crippen LogP contribution in [0.15, 0.2) is 24.3 Å². The molecule has 0 aliphatic rings. The number of carbonyl (C=O) groups is 1. The van der Waals surface area contributed by atoms with Gasteiger partial charge in [0.05, 0.1) is 16.6 Å². The van der Waals surface area contributed by atoms with E-state index in [2.05, 4.69) is 0 Å². The van der Waals surface area contributed by atoms with Crippen molar-refractivity contribution in [2.45, 2.75) is 32.4 Å². The van der Waals surface area contributed by atoms with Crippen LogP contribution in [0.2, 0.25) is 0 Å². The molecule has 19 heavy (non-hydrogen) atoms. The monoisotopic (exact) mass is 284 g/mol. The molecule has 106 valence electrons. The average molecular weight is 284 g/mol. The number of para-hydroxylation sites is 1. The Labute approximate surface area is 114 Å². The van der Waals surface area contributed by atoms with Gasteiger partial charge >= 0.3 is 0 Å². The first-order chi connectivity index (χ1) is 8.88. The Morgan fingerprint density at radius 1 is 1.32 bits per heavy atom. The Kier molecular flexibility index (Phi) is 5.54. The van der Waals surface area contributed by atoms with Crippen LogP contribution in [0, 0.1) is 0 Å². The topological polar surface area (TPSA) is 60.4 Å². The van der Waals surface area contributed by atoms with Gasteiger partial charge in [-0.1, -0.05) is 19.1 Å². The number of rotatable bonds is 7. The standard InChI is InChI=1S/C14H20O4S/c1-4-11(2)19(16,17)10-9-18-14-8-6-5-7-13(14)12(3)15/h5-8,11H,4,9-10H2,1-3H3. The van der Waals surface area contributed by atoms with Gasteiger partial charge in [0.2, 0.25) is 0 Å². The quantitative estimate of drug-likeness (QED) is 0.722. The van der Waals surface area contributed by atoms with Gasteiger partial charge in [0.1, 0.15) is 12.4 Å². The molecule has 0 bridgehead atoms. The number of ether oxygens (including phenoxy) is 1. The summed E-state index contributed by atoms with van der Waals surface area (Å²) in [5, 5.41) is -0.362. The molecule has 0 amide bonds. The molecule has 1 unspecified atom stereocenters. The molecule has 1 aromatic carbocycles. The number of Topliss-reactive ketones (excluding diaryl/α,β-unsaturated/α-hetero) is 1. The van der Waals surface area contributed by atoms with Crippen molar-refractivity contribution in [1.82, 2.24) is 0 Å². The van der Waals surface area contributed by atoms with E-state index < -0.39 is 9.84 Å². The number of benzene rings is 1. The predicted molar refractivity (Wildman–Crippen MR) is 75.5 cm³/mol. The minimum Gasteiger partial charge on any atom is -0.492 e. The molecule has 0 heterocycles. The van der Waals surface area contributed by atoms with Crippen LogP contribution in [-0.2, 0) is 9.84 Å². The van der Waals surface area contributed by atoms with E-state index >= 15 is 0 Å². The van der Waals surface area contributed by atoms with Crippen molar-refractivity contribution in [2.24, 2.45) is 0 Å². The van der Waals surface area contributed by atoms with E-state index in [0.29, 0.717) is 17.7 Å². The van der Waals surface area contributed by atoms with Crippen LogP contribution in [0.4, 0.5) is 0 Å². The highest BCUT2D eigenvalue weighted by molar-refractivity contribution is 7.92. The number of hydrogen-bond donors (Lipinski definition) is 0. The molecule has 0 saturated heterocycles. The van der Waals surface area contributed by atoms with Crippen LogP contribution < -0.4 is 4.74 Å². The number of ketones is 1. The van der Waals surface area contributed by atoms with Crippen molar-refractivity contribution in [2.75, 3.05) is 12.4 Å². The summed E-state index contributed by atoms with van der Waals surface area (Å²) in [6, 6.07) is 6.85. The largest absolute Gasteiger partial charge is 0.492 e. The lowest BCUT2D eigenvalue weighted by molar-refractivity contribution is 0.101. The van der Waals surface area contributed by atoms with Crippen LogP contribution in [0.1, 0.15) is 37.6 Å². The van der Waals surface area contributed by atoms with Crippen molar-refractivity contribution in [3.05, 3.63) is 29.8 Å². The zero-order valence-electron chi connectivity index (χ0n) is 11.5. The van der Waals surface area contributed by atoms with E-state index in [9.17, 15) is 13.2 Å². The van der Waals surface area contributed by atoms with E-state index in [4.69, 9.17) is 4.74 Å². The normalized spacial score (nSPS) is 13.0. The molecule has 0 aliphatic heterocycles. The fraction of sp³-hybridized carbons (Fsp3) is 0.500. The van der Waals surface area contributed by atoms with Gasteiger partial charge in [-0.3, -0.25) is 4.79 Å². The smallest absolute Gasteiger partial charge is 0.163 e. The second-order valence-electron chi connectivity index (χ2n) is 4.49. The lowest BCUT2D eigenvalue weighted by Gasteiger charge is -2.12. The SMILES string of the molecule is CCC(C)S(=O)(=O)CCOc1ccccc1C(C)=O. The van der Waals surface area contributed by atoms with Gasteiger partial charge < -0.3 is 4.74 Å². The van der Waals surface area contributed by atoms with Gasteiger partial charge in [-0.05, 0) is 32.4 Å². The molecule has 0 saturated carbocycles. The first kappa shape index (κ1) is 15.7. The summed E-state index contributed by atoms with van der Waals surface area (Å²) < 4.78 is 29.1.